The third-order valence-corrected chi connectivity index (χ3v) is 6.07. The van der Waals surface area contributed by atoms with Gasteiger partial charge in [-0.2, -0.15) is 0 Å². The summed E-state index contributed by atoms with van der Waals surface area (Å²) in [7, 11) is 0. The summed E-state index contributed by atoms with van der Waals surface area (Å²) in [5, 5.41) is 1.17. The van der Waals surface area contributed by atoms with Gasteiger partial charge in [-0.05, 0) is 62.4 Å². The van der Waals surface area contributed by atoms with Gasteiger partial charge in [0.15, 0.2) is 0 Å². The number of nitrogens with zero attached hydrogens (tertiary/aromatic N) is 2. The molecule has 4 aromatic rings. The van der Waals surface area contributed by atoms with Gasteiger partial charge in [0.05, 0.1) is 17.1 Å². The summed E-state index contributed by atoms with van der Waals surface area (Å²) in [6, 6.07) is 12.2. The number of likely N-dealkylation sites (tertiary alicyclic amines) is 1. The van der Waals surface area contributed by atoms with E-state index in [-0.39, 0.29) is 11.9 Å². The van der Waals surface area contributed by atoms with Crippen molar-refractivity contribution in [1.82, 2.24) is 19.9 Å². The Balaban J connectivity index is 1.56. The average molecular weight is 372 g/mol. The van der Waals surface area contributed by atoms with E-state index < -0.39 is 0 Å². The van der Waals surface area contributed by atoms with Crippen molar-refractivity contribution >= 4 is 27.8 Å². The number of imidazole rings is 1. The minimum atomic E-state index is -0.00657. The molecule has 1 fully saturated rings. The number of benzene rings is 2. The largest absolute Gasteiger partial charge is 0.350 e. The number of rotatable bonds is 2. The fourth-order valence-electron chi connectivity index (χ4n) is 4.58. The fraction of sp³-hybridized carbons (Fsp3) is 0.304. The number of hydrogen-bond donors (Lipinski definition) is 2. The molecule has 2 N–H and O–H groups in total. The molecule has 3 heterocycles. The monoisotopic (exact) mass is 372 g/mol. The second-order valence-electron chi connectivity index (χ2n) is 7.87. The molecule has 2 aromatic carbocycles. The third-order valence-electron chi connectivity index (χ3n) is 6.07. The number of nitrogens with one attached hydrogen (secondary N) is 2. The third kappa shape index (κ3) is 2.46. The first kappa shape index (κ1) is 17.0. The molecule has 1 atom stereocenters. The van der Waals surface area contributed by atoms with Crippen LogP contribution < -0.4 is 0 Å². The van der Waals surface area contributed by atoms with E-state index in [9.17, 15) is 4.79 Å². The highest BCUT2D eigenvalue weighted by molar-refractivity contribution is 6.02. The van der Waals surface area contributed by atoms with Crippen LogP contribution in [-0.2, 0) is 0 Å². The van der Waals surface area contributed by atoms with E-state index >= 15 is 0 Å². The van der Waals surface area contributed by atoms with Crippen LogP contribution in [0.4, 0.5) is 0 Å². The van der Waals surface area contributed by atoms with Gasteiger partial charge in [0.25, 0.3) is 5.91 Å². The Morgan fingerprint density at radius 3 is 2.64 bits per heavy atom. The highest BCUT2D eigenvalue weighted by Gasteiger charge is 2.34. The number of aromatic nitrogens is 3. The van der Waals surface area contributed by atoms with Gasteiger partial charge in [0.1, 0.15) is 11.5 Å². The molecule has 0 saturated carbocycles. The minimum absolute atomic E-state index is 0.00657. The van der Waals surface area contributed by atoms with Crippen molar-refractivity contribution in [1.29, 1.82) is 0 Å². The van der Waals surface area contributed by atoms with E-state index in [0.717, 1.165) is 52.9 Å². The molecule has 1 aliphatic rings. The number of fused-ring (bicyclic) bond motifs is 2. The molecule has 1 amide bonds. The number of carbonyl (C=O) groups is 1. The van der Waals surface area contributed by atoms with Crippen LogP contribution in [0.5, 0.6) is 0 Å². The Morgan fingerprint density at radius 1 is 1.07 bits per heavy atom. The second kappa shape index (κ2) is 6.23. The SMILES string of the molecule is Cc1ccc(C)c2c(C)c(C(=O)N3CCC[C@H]3c3nc4ccccc4[nH]3)[nH]c12. The first-order valence-corrected chi connectivity index (χ1v) is 9.88. The number of carbonyl (C=O) groups excluding carboxylic acids is 1. The van der Waals surface area contributed by atoms with Gasteiger partial charge in [-0.1, -0.05) is 24.3 Å². The molecule has 0 aliphatic carbocycles. The Hall–Kier alpha value is -3.08. The lowest BCUT2D eigenvalue weighted by Gasteiger charge is -2.23. The zero-order valence-electron chi connectivity index (χ0n) is 16.5. The van der Waals surface area contributed by atoms with Crippen molar-refractivity contribution in [2.45, 2.75) is 39.7 Å². The maximum Gasteiger partial charge on any atom is 0.271 e. The molecule has 0 radical (unpaired) electrons. The van der Waals surface area contributed by atoms with E-state index in [4.69, 9.17) is 4.98 Å². The summed E-state index contributed by atoms with van der Waals surface area (Å²) in [6.45, 7) is 6.99. The van der Waals surface area contributed by atoms with Crippen LogP contribution in [-0.4, -0.2) is 32.3 Å². The molecular weight excluding hydrogens is 348 g/mol. The van der Waals surface area contributed by atoms with Gasteiger partial charge in [-0.3, -0.25) is 4.79 Å². The topological polar surface area (TPSA) is 64.8 Å². The standard InChI is InChI=1S/C23H24N4O/c1-13-10-11-14(2)20-19(13)15(3)21(26-20)23(28)27-12-6-9-18(27)22-24-16-7-4-5-8-17(16)25-22/h4-5,7-8,10-11,18,26H,6,9,12H2,1-3H3,(H,24,25)/t18-/m0/s1. The summed E-state index contributed by atoms with van der Waals surface area (Å²) >= 11 is 0. The van der Waals surface area contributed by atoms with Gasteiger partial charge in [-0.25, -0.2) is 4.98 Å². The quantitative estimate of drug-likeness (QED) is 0.523. The Morgan fingerprint density at radius 2 is 1.86 bits per heavy atom. The van der Waals surface area contributed by atoms with Crippen LogP contribution in [0.2, 0.25) is 0 Å². The van der Waals surface area contributed by atoms with Crippen LogP contribution in [0.1, 0.15) is 51.9 Å². The van der Waals surface area contributed by atoms with E-state index in [0.29, 0.717) is 5.69 Å². The summed E-state index contributed by atoms with van der Waals surface area (Å²) in [5.74, 6) is 0.948. The van der Waals surface area contributed by atoms with E-state index in [2.05, 4.69) is 35.9 Å². The summed E-state index contributed by atoms with van der Waals surface area (Å²) in [4.78, 5) is 27.1. The molecule has 0 bridgehead atoms. The first-order valence-electron chi connectivity index (χ1n) is 9.88. The van der Waals surface area contributed by atoms with E-state index in [1.54, 1.807) is 0 Å². The molecule has 142 valence electrons. The van der Waals surface area contributed by atoms with Gasteiger partial charge in [0.2, 0.25) is 0 Å². The number of aryl methyl sites for hydroxylation is 3. The van der Waals surface area contributed by atoms with Gasteiger partial charge < -0.3 is 14.9 Å². The molecule has 0 unspecified atom stereocenters. The molecule has 5 rings (SSSR count). The zero-order chi connectivity index (χ0) is 19.4. The summed E-state index contributed by atoms with van der Waals surface area (Å²) in [5.41, 5.74) is 7.14. The van der Waals surface area contributed by atoms with Crippen molar-refractivity contribution < 1.29 is 4.79 Å². The zero-order valence-corrected chi connectivity index (χ0v) is 16.5. The van der Waals surface area contributed by atoms with Crippen molar-refractivity contribution in [2.24, 2.45) is 0 Å². The molecule has 1 saturated heterocycles. The number of aromatic amines is 2. The van der Waals surface area contributed by atoms with Gasteiger partial charge >= 0.3 is 0 Å². The molecule has 5 heteroatoms. The van der Waals surface area contributed by atoms with Crippen LogP contribution in [0.15, 0.2) is 36.4 Å². The van der Waals surface area contributed by atoms with Gasteiger partial charge in [-0.15, -0.1) is 0 Å². The lowest BCUT2D eigenvalue weighted by molar-refractivity contribution is 0.0725. The molecule has 1 aliphatic heterocycles. The lowest BCUT2D eigenvalue weighted by atomic mass is 10.0. The van der Waals surface area contributed by atoms with Crippen molar-refractivity contribution in [2.75, 3.05) is 6.54 Å². The predicted molar refractivity (Wildman–Crippen MR) is 112 cm³/mol. The highest BCUT2D eigenvalue weighted by atomic mass is 16.2. The molecule has 5 nitrogen and oxygen atoms in total. The van der Waals surface area contributed by atoms with E-state index in [1.807, 2.05) is 36.1 Å². The number of amides is 1. The van der Waals surface area contributed by atoms with E-state index in [1.165, 1.54) is 10.9 Å². The molecular formula is C23H24N4O. The Bertz CT molecular complexity index is 1180. The minimum Gasteiger partial charge on any atom is -0.350 e. The van der Waals surface area contributed by atoms with Crippen molar-refractivity contribution in [3.8, 4) is 0 Å². The maximum atomic E-state index is 13.5. The first-order chi connectivity index (χ1) is 13.5. The molecule has 2 aromatic heterocycles. The normalized spacial score (nSPS) is 17.1. The predicted octanol–water partition coefficient (Wildman–Crippen LogP) is 4.95. The summed E-state index contributed by atoms with van der Waals surface area (Å²) in [6.07, 6.45) is 1.92. The van der Waals surface area contributed by atoms with Crippen LogP contribution in [0.25, 0.3) is 21.9 Å². The number of hydrogen-bond acceptors (Lipinski definition) is 2. The fourth-order valence-corrected chi connectivity index (χ4v) is 4.58. The van der Waals surface area contributed by atoms with Crippen LogP contribution in [0, 0.1) is 20.8 Å². The maximum absolute atomic E-state index is 13.5. The Kier molecular flexibility index (Phi) is 3.79. The second-order valence-corrected chi connectivity index (χ2v) is 7.87. The van der Waals surface area contributed by atoms with Crippen LogP contribution >= 0.6 is 0 Å². The smallest absolute Gasteiger partial charge is 0.271 e. The molecule has 28 heavy (non-hydrogen) atoms. The molecule has 0 spiro atoms. The van der Waals surface area contributed by atoms with Gasteiger partial charge in [0, 0.05) is 17.4 Å². The number of H-pyrrole nitrogens is 2. The average Bonchev–Trinajstić information content (AvgIpc) is 3.40. The van der Waals surface area contributed by atoms with Crippen LogP contribution in [0.3, 0.4) is 0 Å². The lowest BCUT2D eigenvalue weighted by Crippen LogP contribution is -2.31. The highest BCUT2D eigenvalue weighted by Crippen LogP contribution is 2.35. The Labute approximate surface area is 163 Å². The summed E-state index contributed by atoms with van der Waals surface area (Å²) < 4.78 is 0. The van der Waals surface area contributed by atoms with Crippen molar-refractivity contribution in [3.05, 3.63) is 64.6 Å². The number of para-hydroxylation sites is 2. The van der Waals surface area contributed by atoms with Crippen molar-refractivity contribution in [3.63, 3.8) is 0 Å².